The number of primary amides is 1. The maximum Gasteiger partial charge on any atom is 0.336 e. The summed E-state index contributed by atoms with van der Waals surface area (Å²) in [6.07, 6.45) is 0. The average molecular weight is 172 g/mol. The van der Waals surface area contributed by atoms with Crippen LogP contribution in [0.25, 0.3) is 0 Å². The minimum atomic E-state index is -1.26. The third kappa shape index (κ3) is 2.78. The molecule has 0 aromatic carbocycles. The van der Waals surface area contributed by atoms with Crippen LogP contribution in [-0.4, -0.2) is 30.6 Å². The van der Waals surface area contributed by atoms with Gasteiger partial charge in [-0.1, -0.05) is 0 Å². The topological polar surface area (TPSA) is 128 Å². The van der Waals surface area contributed by atoms with E-state index in [9.17, 15) is 14.4 Å². The van der Waals surface area contributed by atoms with Gasteiger partial charge in [0.05, 0.1) is 0 Å². The zero-order valence-electron chi connectivity index (χ0n) is 6.33. The second kappa shape index (κ2) is 4.06. The first-order valence-electron chi connectivity index (χ1n) is 2.89. The van der Waals surface area contributed by atoms with Gasteiger partial charge in [0.15, 0.2) is 5.84 Å². The van der Waals surface area contributed by atoms with Crippen molar-refractivity contribution in [2.24, 2.45) is 16.5 Å². The summed E-state index contributed by atoms with van der Waals surface area (Å²) in [6, 6.07) is 0. The van der Waals surface area contributed by atoms with E-state index in [2.05, 4.69) is 16.0 Å². The molecule has 0 atom stereocenters. The standard InChI is InChI=1S/C5H8N4O3/c1-8-4(11)2(6)9-5(12)3(7)10/h1H3,(H2,7,10)(H,8,11)(H2,6,9,12). The summed E-state index contributed by atoms with van der Waals surface area (Å²) in [6.45, 7) is 0. The Kier molecular flexibility index (Phi) is 3.41. The molecule has 0 saturated heterocycles. The van der Waals surface area contributed by atoms with E-state index in [0.717, 1.165) is 0 Å². The molecule has 7 nitrogen and oxygen atoms in total. The smallest absolute Gasteiger partial charge is 0.336 e. The van der Waals surface area contributed by atoms with Gasteiger partial charge in [-0.2, -0.15) is 4.99 Å². The third-order valence-electron chi connectivity index (χ3n) is 0.892. The Hall–Kier alpha value is -1.92. The molecule has 0 radical (unpaired) electrons. The van der Waals surface area contributed by atoms with Crippen molar-refractivity contribution in [1.29, 1.82) is 0 Å². The van der Waals surface area contributed by atoms with Crippen LogP contribution in [0.15, 0.2) is 4.99 Å². The number of rotatable bonds is 0. The van der Waals surface area contributed by atoms with E-state index in [0.29, 0.717) is 0 Å². The summed E-state index contributed by atoms with van der Waals surface area (Å²) >= 11 is 0. The molecular weight excluding hydrogens is 164 g/mol. The van der Waals surface area contributed by atoms with E-state index >= 15 is 0 Å². The fraction of sp³-hybridized carbons (Fsp3) is 0.200. The highest BCUT2D eigenvalue weighted by Crippen LogP contribution is 1.75. The molecule has 0 aliphatic heterocycles. The third-order valence-corrected chi connectivity index (χ3v) is 0.892. The number of hydrogen-bond donors (Lipinski definition) is 3. The van der Waals surface area contributed by atoms with E-state index in [1.165, 1.54) is 7.05 Å². The van der Waals surface area contributed by atoms with Gasteiger partial charge >= 0.3 is 11.8 Å². The van der Waals surface area contributed by atoms with Crippen molar-refractivity contribution in [3.63, 3.8) is 0 Å². The Labute approximate surface area is 67.8 Å². The fourth-order valence-corrected chi connectivity index (χ4v) is 0.343. The number of amides is 3. The van der Waals surface area contributed by atoms with E-state index in [-0.39, 0.29) is 0 Å². The van der Waals surface area contributed by atoms with Crippen LogP contribution in [0.1, 0.15) is 0 Å². The van der Waals surface area contributed by atoms with E-state index in [4.69, 9.17) is 5.73 Å². The highest BCUT2D eigenvalue weighted by molar-refractivity contribution is 6.44. The lowest BCUT2D eigenvalue weighted by Gasteiger charge is -1.95. The molecule has 0 rings (SSSR count). The number of likely N-dealkylation sites (N-methyl/N-ethyl adjacent to an activating group) is 1. The second-order valence-electron chi connectivity index (χ2n) is 1.75. The van der Waals surface area contributed by atoms with Crippen LogP contribution in [0.5, 0.6) is 0 Å². The number of aliphatic imine (C=N–C) groups is 1. The van der Waals surface area contributed by atoms with E-state index in [1.807, 2.05) is 0 Å². The highest BCUT2D eigenvalue weighted by Gasteiger charge is 2.11. The van der Waals surface area contributed by atoms with Crippen molar-refractivity contribution in [2.75, 3.05) is 7.05 Å². The predicted molar refractivity (Wildman–Crippen MR) is 39.9 cm³/mol. The van der Waals surface area contributed by atoms with Gasteiger partial charge in [0.2, 0.25) is 0 Å². The number of nitrogens with two attached hydrogens (primary N) is 2. The van der Waals surface area contributed by atoms with Crippen LogP contribution >= 0.6 is 0 Å². The van der Waals surface area contributed by atoms with Crippen molar-refractivity contribution in [2.45, 2.75) is 0 Å². The summed E-state index contributed by atoms with van der Waals surface area (Å²) in [7, 11) is 1.31. The first-order valence-corrected chi connectivity index (χ1v) is 2.89. The number of carbonyl (C=O) groups is 3. The lowest BCUT2D eigenvalue weighted by molar-refractivity contribution is -0.135. The summed E-state index contributed by atoms with van der Waals surface area (Å²) in [5, 5.41) is 2.11. The molecule has 0 aromatic heterocycles. The van der Waals surface area contributed by atoms with Gasteiger partial charge in [0, 0.05) is 7.05 Å². The molecule has 0 unspecified atom stereocenters. The predicted octanol–water partition coefficient (Wildman–Crippen LogP) is -2.90. The Bertz CT molecular complexity index is 257. The van der Waals surface area contributed by atoms with Gasteiger partial charge in [0.1, 0.15) is 0 Å². The van der Waals surface area contributed by atoms with Crippen LogP contribution in [0.4, 0.5) is 0 Å². The quantitative estimate of drug-likeness (QED) is 0.206. The molecular formula is C5H8N4O3. The molecule has 66 valence electrons. The normalized spacial score (nSPS) is 10.6. The molecule has 0 fully saturated rings. The first kappa shape index (κ1) is 10.1. The lowest BCUT2D eigenvalue weighted by atomic mass is 10.5. The number of amidine groups is 1. The highest BCUT2D eigenvalue weighted by atomic mass is 16.2. The molecule has 0 aliphatic rings. The lowest BCUT2D eigenvalue weighted by Crippen LogP contribution is -2.36. The van der Waals surface area contributed by atoms with Crippen LogP contribution < -0.4 is 16.8 Å². The summed E-state index contributed by atoms with van der Waals surface area (Å²) < 4.78 is 0. The SMILES string of the molecule is CNC(=O)C(N)=NC(=O)C(N)=O. The Morgan fingerprint density at radius 2 is 1.75 bits per heavy atom. The van der Waals surface area contributed by atoms with Gasteiger partial charge in [-0.05, 0) is 0 Å². The number of nitrogens with one attached hydrogen (secondary N) is 1. The summed E-state index contributed by atoms with van der Waals surface area (Å²) in [5.41, 5.74) is 9.52. The second-order valence-corrected chi connectivity index (χ2v) is 1.75. The van der Waals surface area contributed by atoms with Gasteiger partial charge < -0.3 is 16.8 Å². The van der Waals surface area contributed by atoms with Crippen LogP contribution in [-0.2, 0) is 14.4 Å². The largest absolute Gasteiger partial charge is 0.379 e. The van der Waals surface area contributed by atoms with Gasteiger partial charge in [-0.15, -0.1) is 0 Å². The molecule has 0 saturated carbocycles. The fourth-order valence-electron chi connectivity index (χ4n) is 0.343. The molecule has 0 heterocycles. The Morgan fingerprint density at radius 1 is 1.25 bits per heavy atom. The molecule has 12 heavy (non-hydrogen) atoms. The van der Waals surface area contributed by atoms with Gasteiger partial charge in [-0.3, -0.25) is 14.4 Å². The molecule has 0 aromatic rings. The van der Waals surface area contributed by atoms with Crippen molar-refractivity contribution in [1.82, 2.24) is 5.32 Å². The molecule has 0 aliphatic carbocycles. The minimum absolute atomic E-state index is 0.596. The van der Waals surface area contributed by atoms with Crippen LogP contribution in [0.2, 0.25) is 0 Å². The monoisotopic (exact) mass is 172 g/mol. The maximum absolute atomic E-state index is 10.6. The number of carbonyl (C=O) groups excluding carboxylic acids is 3. The van der Waals surface area contributed by atoms with Gasteiger partial charge in [0.25, 0.3) is 5.91 Å². The Morgan fingerprint density at radius 3 is 2.08 bits per heavy atom. The zero-order chi connectivity index (χ0) is 9.72. The average Bonchev–Trinajstić information content (AvgIpc) is 2.02. The van der Waals surface area contributed by atoms with Crippen LogP contribution in [0.3, 0.4) is 0 Å². The summed E-state index contributed by atoms with van der Waals surface area (Å²) in [4.78, 5) is 34.1. The molecule has 0 bridgehead atoms. The van der Waals surface area contributed by atoms with E-state index in [1.54, 1.807) is 0 Å². The van der Waals surface area contributed by atoms with E-state index < -0.39 is 23.6 Å². The molecule has 5 N–H and O–H groups in total. The number of nitrogens with zero attached hydrogens (tertiary/aromatic N) is 1. The first-order chi connectivity index (χ1) is 5.49. The molecule has 0 spiro atoms. The summed E-state index contributed by atoms with van der Waals surface area (Å²) in [5.74, 6) is -3.86. The van der Waals surface area contributed by atoms with Crippen molar-refractivity contribution >= 4 is 23.6 Å². The minimum Gasteiger partial charge on any atom is -0.379 e. The van der Waals surface area contributed by atoms with Crippen LogP contribution in [0, 0.1) is 0 Å². The Balaban J connectivity index is 4.46. The van der Waals surface area contributed by atoms with Gasteiger partial charge in [-0.25, -0.2) is 0 Å². The molecule has 3 amide bonds. The number of hydrogen-bond acceptors (Lipinski definition) is 3. The maximum atomic E-state index is 10.6. The van der Waals surface area contributed by atoms with Crippen molar-refractivity contribution in [3.8, 4) is 0 Å². The zero-order valence-corrected chi connectivity index (χ0v) is 6.33. The van der Waals surface area contributed by atoms with Crippen molar-refractivity contribution < 1.29 is 14.4 Å². The van der Waals surface area contributed by atoms with Crippen molar-refractivity contribution in [3.05, 3.63) is 0 Å². The molecule has 7 heteroatoms.